The van der Waals surface area contributed by atoms with Crippen molar-refractivity contribution in [1.82, 2.24) is 5.32 Å². The van der Waals surface area contributed by atoms with Crippen molar-refractivity contribution in [2.75, 3.05) is 5.32 Å². The van der Waals surface area contributed by atoms with Gasteiger partial charge in [-0.25, -0.2) is 0 Å². The Hall–Kier alpha value is -2.60. The van der Waals surface area contributed by atoms with Crippen LogP contribution in [0.1, 0.15) is 28.8 Å². The third-order valence-corrected chi connectivity index (χ3v) is 4.02. The molecule has 24 heavy (non-hydrogen) atoms. The SMILES string of the molecule is O=C(NC1CC1)c1ccc(NCc2ccc(Cl)cc2)c([N+](=O)[O-])c1. The van der Waals surface area contributed by atoms with E-state index in [9.17, 15) is 14.9 Å². The van der Waals surface area contributed by atoms with E-state index in [0.29, 0.717) is 22.8 Å². The van der Waals surface area contributed by atoms with E-state index in [1.807, 2.05) is 12.1 Å². The van der Waals surface area contributed by atoms with E-state index >= 15 is 0 Å². The summed E-state index contributed by atoms with van der Waals surface area (Å²) in [5, 5.41) is 17.8. The summed E-state index contributed by atoms with van der Waals surface area (Å²) in [7, 11) is 0. The molecule has 1 saturated carbocycles. The van der Waals surface area contributed by atoms with Gasteiger partial charge in [0.25, 0.3) is 11.6 Å². The number of carbonyl (C=O) groups is 1. The number of anilines is 1. The van der Waals surface area contributed by atoms with Gasteiger partial charge in [-0.1, -0.05) is 23.7 Å². The van der Waals surface area contributed by atoms with Crippen molar-refractivity contribution in [1.29, 1.82) is 0 Å². The monoisotopic (exact) mass is 345 g/mol. The van der Waals surface area contributed by atoms with Crippen molar-refractivity contribution < 1.29 is 9.72 Å². The minimum Gasteiger partial charge on any atom is -0.375 e. The molecule has 1 amide bonds. The van der Waals surface area contributed by atoms with Gasteiger partial charge in [0.05, 0.1) is 4.92 Å². The number of nitrogens with one attached hydrogen (secondary N) is 2. The predicted octanol–water partition coefficient (Wildman–Crippen LogP) is 3.75. The van der Waals surface area contributed by atoms with Crippen molar-refractivity contribution in [3.63, 3.8) is 0 Å². The van der Waals surface area contributed by atoms with Crippen LogP contribution in [0.2, 0.25) is 5.02 Å². The van der Waals surface area contributed by atoms with Gasteiger partial charge in [-0.15, -0.1) is 0 Å². The fourth-order valence-electron chi connectivity index (χ4n) is 2.27. The number of amides is 1. The minimum atomic E-state index is -0.488. The average molecular weight is 346 g/mol. The Balaban J connectivity index is 1.75. The van der Waals surface area contributed by atoms with Crippen LogP contribution in [-0.4, -0.2) is 16.9 Å². The molecule has 0 saturated heterocycles. The van der Waals surface area contributed by atoms with Gasteiger partial charge in [0.2, 0.25) is 0 Å². The molecule has 2 aromatic rings. The molecule has 3 rings (SSSR count). The number of nitro benzene ring substituents is 1. The molecule has 0 unspecified atom stereocenters. The quantitative estimate of drug-likeness (QED) is 0.616. The Bertz CT molecular complexity index is 773. The van der Waals surface area contributed by atoms with Crippen LogP contribution in [0.25, 0.3) is 0 Å². The summed E-state index contributed by atoms with van der Waals surface area (Å²) in [4.78, 5) is 22.8. The zero-order valence-electron chi connectivity index (χ0n) is 12.8. The molecule has 0 bridgehead atoms. The first-order valence-electron chi connectivity index (χ1n) is 7.60. The number of carbonyl (C=O) groups excluding carboxylic acids is 1. The van der Waals surface area contributed by atoms with Crippen LogP contribution in [0.3, 0.4) is 0 Å². The molecule has 1 aliphatic carbocycles. The maximum atomic E-state index is 12.0. The van der Waals surface area contributed by atoms with Gasteiger partial charge in [-0.05, 0) is 42.7 Å². The fraction of sp³-hybridized carbons (Fsp3) is 0.235. The van der Waals surface area contributed by atoms with E-state index in [1.165, 1.54) is 6.07 Å². The van der Waals surface area contributed by atoms with E-state index in [1.54, 1.807) is 24.3 Å². The summed E-state index contributed by atoms with van der Waals surface area (Å²) in [6, 6.07) is 11.9. The third kappa shape index (κ3) is 4.02. The predicted molar refractivity (Wildman–Crippen MR) is 92.4 cm³/mol. The lowest BCUT2D eigenvalue weighted by atomic mass is 10.1. The van der Waals surface area contributed by atoms with Gasteiger partial charge in [0.1, 0.15) is 5.69 Å². The summed E-state index contributed by atoms with van der Waals surface area (Å²) < 4.78 is 0. The topological polar surface area (TPSA) is 84.3 Å². The molecule has 0 aliphatic heterocycles. The van der Waals surface area contributed by atoms with Crippen molar-refractivity contribution in [3.8, 4) is 0 Å². The first-order valence-corrected chi connectivity index (χ1v) is 7.98. The highest BCUT2D eigenvalue weighted by Crippen LogP contribution is 2.27. The molecular weight excluding hydrogens is 330 g/mol. The van der Waals surface area contributed by atoms with Crippen molar-refractivity contribution >= 4 is 28.9 Å². The highest BCUT2D eigenvalue weighted by atomic mass is 35.5. The molecule has 7 heteroatoms. The van der Waals surface area contributed by atoms with Crippen molar-refractivity contribution in [2.45, 2.75) is 25.4 Å². The Labute approximate surface area is 144 Å². The van der Waals surface area contributed by atoms with Crippen molar-refractivity contribution in [3.05, 3.63) is 68.7 Å². The zero-order chi connectivity index (χ0) is 17.1. The van der Waals surface area contributed by atoms with Crippen LogP contribution in [0.5, 0.6) is 0 Å². The van der Waals surface area contributed by atoms with Crippen LogP contribution in [-0.2, 0) is 6.54 Å². The molecular formula is C17H16ClN3O3. The molecule has 0 spiro atoms. The number of nitrogens with zero attached hydrogens (tertiary/aromatic N) is 1. The average Bonchev–Trinajstić information content (AvgIpc) is 3.38. The second-order valence-corrected chi connectivity index (χ2v) is 6.15. The number of halogens is 1. The van der Waals surface area contributed by atoms with Crippen LogP contribution >= 0.6 is 11.6 Å². The second kappa shape index (κ2) is 6.88. The Kier molecular flexibility index (Phi) is 4.66. The molecule has 2 N–H and O–H groups in total. The van der Waals surface area contributed by atoms with Crippen LogP contribution < -0.4 is 10.6 Å². The summed E-state index contributed by atoms with van der Waals surface area (Å²) >= 11 is 5.84. The molecule has 2 aromatic carbocycles. The minimum absolute atomic E-state index is 0.118. The zero-order valence-corrected chi connectivity index (χ0v) is 13.5. The van der Waals surface area contributed by atoms with Crippen LogP contribution in [0.15, 0.2) is 42.5 Å². The second-order valence-electron chi connectivity index (χ2n) is 5.72. The molecule has 124 valence electrons. The highest BCUT2D eigenvalue weighted by Gasteiger charge is 2.25. The van der Waals surface area contributed by atoms with E-state index in [2.05, 4.69) is 10.6 Å². The van der Waals surface area contributed by atoms with Gasteiger partial charge < -0.3 is 10.6 Å². The van der Waals surface area contributed by atoms with Crippen molar-refractivity contribution in [2.24, 2.45) is 0 Å². The lowest BCUT2D eigenvalue weighted by molar-refractivity contribution is -0.384. The number of hydrogen-bond donors (Lipinski definition) is 2. The lowest BCUT2D eigenvalue weighted by Gasteiger charge is -2.09. The summed E-state index contributed by atoms with van der Waals surface area (Å²) in [6.07, 6.45) is 1.93. The van der Waals surface area contributed by atoms with Gasteiger partial charge in [-0.2, -0.15) is 0 Å². The smallest absolute Gasteiger partial charge is 0.293 e. The summed E-state index contributed by atoms with van der Waals surface area (Å²) in [5.41, 5.74) is 1.50. The number of rotatable bonds is 6. The standard InChI is InChI=1S/C17H16ClN3O3/c18-13-4-1-11(2-5-13)10-19-15-8-3-12(9-16(15)21(23)24)17(22)20-14-6-7-14/h1-5,8-9,14,19H,6-7,10H2,(H,20,22). The van der Waals surface area contributed by atoms with E-state index in [0.717, 1.165) is 18.4 Å². The van der Waals surface area contributed by atoms with Gasteiger partial charge >= 0.3 is 0 Å². The Morgan fingerprint density at radius 3 is 2.54 bits per heavy atom. The van der Waals surface area contributed by atoms with Crippen LogP contribution in [0, 0.1) is 10.1 Å². The number of nitro groups is 1. The number of benzene rings is 2. The largest absolute Gasteiger partial charge is 0.375 e. The Morgan fingerprint density at radius 2 is 1.92 bits per heavy atom. The molecule has 0 aromatic heterocycles. The van der Waals surface area contributed by atoms with Crippen LogP contribution in [0.4, 0.5) is 11.4 Å². The molecule has 0 atom stereocenters. The van der Waals surface area contributed by atoms with E-state index < -0.39 is 4.92 Å². The molecule has 6 nitrogen and oxygen atoms in total. The summed E-state index contributed by atoms with van der Waals surface area (Å²) in [5.74, 6) is -0.273. The highest BCUT2D eigenvalue weighted by molar-refractivity contribution is 6.30. The maximum Gasteiger partial charge on any atom is 0.293 e. The van der Waals surface area contributed by atoms with E-state index in [4.69, 9.17) is 11.6 Å². The maximum absolute atomic E-state index is 12.0. The normalized spacial score (nSPS) is 13.4. The van der Waals surface area contributed by atoms with Gasteiger partial charge in [0.15, 0.2) is 0 Å². The third-order valence-electron chi connectivity index (χ3n) is 3.77. The van der Waals surface area contributed by atoms with Gasteiger partial charge in [-0.3, -0.25) is 14.9 Å². The lowest BCUT2D eigenvalue weighted by Crippen LogP contribution is -2.25. The first-order chi connectivity index (χ1) is 11.5. The number of hydrogen-bond acceptors (Lipinski definition) is 4. The van der Waals surface area contributed by atoms with E-state index in [-0.39, 0.29) is 17.6 Å². The molecule has 1 fully saturated rings. The molecule has 0 radical (unpaired) electrons. The van der Waals surface area contributed by atoms with Gasteiger partial charge in [0, 0.05) is 29.2 Å². The summed E-state index contributed by atoms with van der Waals surface area (Å²) in [6.45, 7) is 0.422. The fourth-order valence-corrected chi connectivity index (χ4v) is 2.40. The Morgan fingerprint density at radius 1 is 1.21 bits per heavy atom. The first kappa shape index (κ1) is 16.3. The molecule has 0 heterocycles. The molecule has 1 aliphatic rings.